The highest BCUT2D eigenvalue weighted by Gasteiger charge is 2.18. The molecule has 2 nitrogen and oxygen atoms in total. The van der Waals surface area contributed by atoms with E-state index in [1.54, 1.807) is 6.07 Å². The van der Waals surface area contributed by atoms with E-state index in [0.717, 1.165) is 36.3 Å². The maximum absolute atomic E-state index is 13.2. The molecule has 3 heteroatoms. The van der Waals surface area contributed by atoms with Crippen LogP contribution in [0.15, 0.2) is 42.5 Å². The Morgan fingerprint density at radius 1 is 1.20 bits per heavy atom. The number of fused-ring (bicyclic) bond motifs is 1. The topological polar surface area (TPSA) is 35.2 Å². The average molecular weight is 271 g/mol. The first-order valence-corrected chi connectivity index (χ1v) is 6.98. The molecule has 2 aromatic carbocycles. The third-order valence-corrected chi connectivity index (χ3v) is 3.71. The molecule has 1 aliphatic rings. The summed E-state index contributed by atoms with van der Waals surface area (Å²) in [6.45, 7) is 0.747. The summed E-state index contributed by atoms with van der Waals surface area (Å²) in [7, 11) is 0. The number of para-hydroxylation sites is 1. The van der Waals surface area contributed by atoms with Gasteiger partial charge in [0.1, 0.15) is 11.6 Å². The summed E-state index contributed by atoms with van der Waals surface area (Å²) >= 11 is 0. The van der Waals surface area contributed by atoms with Crippen LogP contribution in [0.1, 0.15) is 29.2 Å². The van der Waals surface area contributed by atoms with Crippen molar-refractivity contribution in [2.24, 2.45) is 5.73 Å². The molecule has 0 aliphatic carbocycles. The molecule has 1 aliphatic heterocycles. The van der Waals surface area contributed by atoms with Crippen molar-refractivity contribution in [2.45, 2.75) is 25.3 Å². The number of nitrogens with two attached hydrogens (primary N) is 1. The number of hydrogen-bond donors (Lipinski definition) is 1. The molecule has 2 N–H and O–H groups in total. The smallest absolute Gasteiger partial charge is 0.127 e. The van der Waals surface area contributed by atoms with Gasteiger partial charge >= 0.3 is 0 Å². The van der Waals surface area contributed by atoms with Crippen LogP contribution in [0.4, 0.5) is 4.39 Å². The van der Waals surface area contributed by atoms with Crippen LogP contribution in [0.3, 0.4) is 0 Å². The van der Waals surface area contributed by atoms with Crippen LogP contribution in [0.2, 0.25) is 0 Å². The van der Waals surface area contributed by atoms with E-state index in [0.29, 0.717) is 6.42 Å². The highest BCUT2D eigenvalue weighted by Crippen LogP contribution is 2.33. The molecule has 0 bridgehead atoms. The standard InChI is InChI=1S/C17H18FNO/c18-14-7-1-4-12(10-14)11-16(19)15-8-2-5-13-6-3-9-20-17(13)15/h1-2,4-5,7-8,10,16H,3,6,9,11,19H2. The number of halogens is 1. The predicted octanol–water partition coefficient (Wildman–Crippen LogP) is 3.39. The zero-order valence-electron chi connectivity index (χ0n) is 11.3. The summed E-state index contributed by atoms with van der Waals surface area (Å²) in [6, 6.07) is 12.5. The Hall–Kier alpha value is -1.87. The Morgan fingerprint density at radius 3 is 2.90 bits per heavy atom. The number of benzene rings is 2. The van der Waals surface area contributed by atoms with Gasteiger partial charge in [0, 0.05) is 11.6 Å². The second kappa shape index (κ2) is 5.63. The summed E-state index contributed by atoms with van der Waals surface area (Å²) in [5, 5.41) is 0. The maximum Gasteiger partial charge on any atom is 0.127 e. The van der Waals surface area contributed by atoms with Crippen LogP contribution >= 0.6 is 0 Å². The first-order chi connectivity index (χ1) is 9.74. The summed E-state index contributed by atoms with van der Waals surface area (Å²) in [5.41, 5.74) is 9.45. The Bertz CT molecular complexity index is 612. The highest BCUT2D eigenvalue weighted by atomic mass is 19.1. The molecule has 1 heterocycles. The molecule has 0 saturated carbocycles. The molecule has 3 rings (SSSR count). The molecule has 1 unspecified atom stereocenters. The van der Waals surface area contributed by atoms with Gasteiger partial charge in [-0.3, -0.25) is 0 Å². The molecule has 1 atom stereocenters. The molecule has 0 amide bonds. The summed E-state index contributed by atoms with van der Waals surface area (Å²) in [5.74, 6) is 0.712. The molecule has 0 saturated heterocycles. The Morgan fingerprint density at radius 2 is 2.05 bits per heavy atom. The van der Waals surface area contributed by atoms with Crippen molar-refractivity contribution in [1.82, 2.24) is 0 Å². The Balaban J connectivity index is 1.85. The lowest BCUT2D eigenvalue weighted by Gasteiger charge is -2.23. The van der Waals surface area contributed by atoms with E-state index in [4.69, 9.17) is 10.5 Å². The van der Waals surface area contributed by atoms with Gasteiger partial charge in [-0.2, -0.15) is 0 Å². The third kappa shape index (κ3) is 2.68. The van der Waals surface area contributed by atoms with Gasteiger partial charge in [0.2, 0.25) is 0 Å². The molecular weight excluding hydrogens is 253 g/mol. The number of ether oxygens (including phenoxy) is 1. The van der Waals surface area contributed by atoms with Crippen molar-refractivity contribution < 1.29 is 9.13 Å². The van der Waals surface area contributed by atoms with Gasteiger partial charge < -0.3 is 10.5 Å². The summed E-state index contributed by atoms with van der Waals surface area (Å²) < 4.78 is 19.0. The van der Waals surface area contributed by atoms with E-state index < -0.39 is 0 Å². The van der Waals surface area contributed by atoms with Gasteiger partial charge in [-0.1, -0.05) is 30.3 Å². The minimum atomic E-state index is -0.221. The minimum absolute atomic E-state index is 0.176. The van der Waals surface area contributed by atoms with Crippen LogP contribution in [0.5, 0.6) is 5.75 Å². The summed E-state index contributed by atoms with van der Waals surface area (Å²) in [6.07, 6.45) is 2.70. The van der Waals surface area contributed by atoms with E-state index in [-0.39, 0.29) is 11.9 Å². The lowest BCUT2D eigenvalue weighted by molar-refractivity contribution is 0.283. The third-order valence-electron chi connectivity index (χ3n) is 3.71. The fourth-order valence-corrected chi connectivity index (χ4v) is 2.73. The van der Waals surface area contributed by atoms with E-state index in [9.17, 15) is 4.39 Å². The van der Waals surface area contributed by atoms with Crippen LogP contribution in [0.25, 0.3) is 0 Å². The first kappa shape index (κ1) is 13.1. The molecule has 0 radical (unpaired) electrons. The van der Waals surface area contributed by atoms with Crippen LogP contribution in [-0.4, -0.2) is 6.61 Å². The van der Waals surface area contributed by atoms with Gasteiger partial charge in [-0.15, -0.1) is 0 Å². The number of hydrogen-bond acceptors (Lipinski definition) is 2. The quantitative estimate of drug-likeness (QED) is 0.928. The lowest BCUT2D eigenvalue weighted by atomic mass is 9.94. The van der Waals surface area contributed by atoms with Crippen molar-refractivity contribution >= 4 is 0 Å². The summed E-state index contributed by atoms with van der Waals surface area (Å²) in [4.78, 5) is 0. The van der Waals surface area contributed by atoms with Crippen LogP contribution in [-0.2, 0) is 12.8 Å². The first-order valence-electron chi connectivity index (χ1n) is 6.98. The molecule has 0 spiro atoms. The molecule has 2 aromatic rings. The van der Waals surface area contributed by atoms with Crippen molar-refractivity contribution in [3.63, 3.8) is 0 Å². The number of aryl methyl sites for hydroxylation is 1. The number of rotatable bonds is 3. The van der Waals surface area contributed by atoms with Crippen molar-refractivity contribution in [1.29, 1.82) is 0 Å². The molecule has 0 fully saturated rings. The van der Waals surface area contributed by atoms with Gasteiger partial charge in [0.05, 0.1) is 6.61 Å². The van der Waals surface area contributed by atoms with Crippen molar-refractivity contribution in [3.8, 4) is 5.75 Å². The van der Waals surface area contributed by atoms with Gasteiger partial charge in [-0.25, -0.2) is 4.39 Å². The molecule has 104 valence electrons. The monoisotopic (exact) mass is 271 g/mol. The zero-order chi connectivity index (χ0) is 13.9. The normalized spacial score (nSPS) is 15.3. The van der Waals surface area contributed by atoms with E-state index >= 15 is 0 Å². The zero-order valence-corrected chi connectivity index (χ0v) is 11.3. The minimum Gasteiger partial charge on any atom is -0.493 e. The largest absolute Gasteiger partial charge is 0.493 e. The fourth-order valence-electron chi connectivity index (χ4n) is 2.73. The van der Waals surface area contributed by atoms with Gasteiger partial charge in [-0.05, 0) is 42.5 Å². The van der Waals surface area contributed by atoms with Gasteiger partial charge in [0.25, 0.3) is 0 Å². The van der Waals surface area contributed by atoms with E-state index in [2.05, 4.69) is 6.07 Å². The molecule has 20 heavy (non-hydrogen) atoms. The van der Waals surface area contributed by atoms with Gasteiger partial charge in [0.15, 0.2) is 0 Å². The van der Waals surface area contributed by atoms with Crippen molar-refractivity contribution in [2.75, 3.05) is 6.61 Å². The second-order valence-electron chi connectivity index (χ2n) is 5.23. The van der Waals surface area contributed by atoms with E-state index in [1.807, 2.05) is 18.2 Å². The average Bonchev–Trinajstić information content (AvgIpc) is 2.46. The predicted molar refractivity (Wildman–Crippen MR) is 77.3 cm³/mol. The van der Waals surface area contributed by atoms with E-state index in [1.165, 1.54) is 17.7 Å². The maximum atomic E-state index is 13.2. The van der Waals surface area contributed by atoms with Crippen LogP contribution < -0.4 is 10.5 Å². The lowest BCUT2D eigenvalue weighted by Crippen LogP contribution is -2.18. The highest BCUT2D eigenvalue weighted by molar-refractivity contribution is 5.45. The fraction of sp³-hybridized carbons (Fsp3) is 0.294. The second-order valence-corrected chi connectivity index (χ2v) is 5.23. The SMILES string of the molecule is NC(Cc1cccc(F)c1)c1cccc2c1OCCC2. The Kier molecular flexibility index (Phi) is 3.70. The molecular formula is C17H18FNO. The van der Waals surface area contributed by atoms with Crippen LogP contribution in [0, 0.1) is 5.82 Å². The Labute approximate surface area is 118 Å². The molecule has 0 aromatic heterocycles. The van der Waals surface area contributed by atoms with Crippen molar-refractivity contribution in [3.05, 3.63) is 65.0 Å².